The number of hydrogen-bond acceptors (Lipinski definition) is 8. The van der Waals surface area contributed by atoms with E-state index < -0.39 is 12.2 Å². The summed E-state index contributed by atoms with van der Waals surface area (Å²) < 4.78 is 11.8. The predicted octanol–water partition coefficient (Wildman–Crippen LogP) is 5.14. The predicted molar refractivity (Wildman–Crippen MR) is 159 cm³/mol. The molecule has 42 heavy (non-hydrogen) atoms. The number of methoxy groups -OCH3 is 2. The largest absolute Gasteiger partial charge is 0.453 e. The number of ether oxygens (including phenoxy) is 2. The molecule has 0 aliphatic rings. The topological polar surface area (TPSA) is 170 Å². The number of anilines is 2. The maximum atomic E-state index is 12.3. The zero-order valence-corrected chi connectivity index (χ0v) is 24.1. The number of imidazole rings is 2. The third-order valence-electron chi connectivity index (χ3n) is 5.94. The first-order valence-electron chi connectivity index (χ1n) is 13.6. The summed E-state index contributed by atoms with van der Waals surface area (Å²) in [5.41, 5.74) is 2.49. The second-order valence-electron chi connectivity index (χ2n) is 8.92. The molecule has 2 heterocycles. The van der Waals surface area contributed by atoms with Gasteiger partial charge in [0.25, 0.3) is 0 Å². The van der Waals surface area contributed by atoms with Crippen molar-refractivity contribution in [1.29, 1.82) is 0 Å². The first kappa shape index (κ1) is 31.4. The fraction of sp³-hybridized carbons (Fsp3) is 0.357. The lowest BCUT2D eigenvalue weighted by atomic mass is 10.3. The summed E-state index contributed by atoms with van der Waals surface area (Å²) in [4.78, 5) is 55.8. The van der Waals surface area contributed by atoms with E-state index in [0.717, 1.165) is 25.7 Å². The average molecular weight is 581 g/mol. The molecule has 2 aromatic heterocycles. The highest BCUT2D eigenvalue weighted by Gasteiger charge is 2.19. The van der Waals surface area contributed by atoms with Crippen LogP contribution in [0.4, 0.5) is 31.1 Å². The van der Waals surface area contributed by atoms with Crippen LogP contribution in [-0.4, -0.2) is 70.7 Å². The van der Waals surface area contributed by atoms with Crippen LogP contribution in [0.3, 0.4) is 0 Å². The van der Waals surface area contributed by atoms with Gasteiger partial charge >= 0.3 is 24.2 Å². The van der Waals surface area contributed by atoms with Gasteiger partial charge in [-0.2, -0.15) is 0 Å². The summed E-state index contributed by atoms with van der Waals surface area (Å²) in [5.74, 6) is 0.272. The Hall–Kier alpha value is -5.14. The Labute approximate surface area is 242 Å². The van der Waals surface area contributed by atoms with Gasteiger partial charge in [0.05, 0.1) is 36.3 Å². The zero-order valence-electron chi connectivity index (χ0n) is 24.1. The molecule has 0 unspecified atom stereocenters. The van der Waals surface area contributed by atoms with E-state index >= 15 is 0 Å². The Balaban J connectivity index is 0.000000230. The number of nitrogens with zero attached hydrogens (tertiary/aromatic N) is 4. The highest BCUT2D eigenvalue weighted by Crippen LogP contribution is 2.20. The van der Waals surface area contributed by atoms with Crippen LogP contribution >= 0.6 is 0 Å². The maximum absolute atomic E-state index is 12.3. The molecule has 0 fully saturated rings. The molecule has 4 rings (SSSR count). The van der Waals surface area contributed by atoms with E-state index in [-0.39, 0.29) is 24.0 Å². The van der Waals surface area contributed by atoms with Crippen LogP contribution in [0, 0.1) is 0 Å². The van der Waals surface area contributed by atoms with Gasteiger partial charge < -0.3 is 20.1 Å². The van der Waals surface area contributed by atoms with Crippen LogP contribution < -0.4 is 21.3 Å². The number of hydrogen-bond donors (Lipinski definition) is 4. The van der Waals surface area contributed by atoms with Crippen molar-refractivity contribution in [2.75, 3.05) is 37.9 Å². The van der Waals surface area contributed by atoms with Crippen molar-refractivity contribution in [3.8, 4) is 0 Å². The number of carbonyl (C=O) groups excluding carboxylic acids is 4. The van der Waals surface area contributed by atoms with Gasteiger partial charge in [-0.3, -0.25) is 10.6 Å². The minimum absolute atomic E-state index is 0.136. The van der Waals surface area contributed by atoms with Gasteiger partial charge in [-0.05, 0) is 37.1 Å². The molecule has 0 saturated heterocycles. The van der Waals surface area contributed by atoms with Crippen LogP contribution in [0.15, 0.2) is 48.5 Å². The van der Waals surface area contributed by atoms with Gasteiger partial charge in [-0.25, -0.2) is 38.3 Å². The summed E-state index contributed by atoms with van der Waals surface area (Å²) >= 11 is 0. The van der Waals surface area contributed by atoms with Crippen LogP contribution in [0.2, 0.25) is 0 Å². The van der Waals surface area contributed by atoms with E-state index in [0.29, 0.717) is 35.2 Å². The van der Waals surface area contributed by atoms with Crippen LogP contribution in [0.5, 0.6) is 0 Å². The normalized spacial score (nSPS) is 10.4. The van der Waals surface area contributed by atoms with Gasteiger partial charge in [0.1, 0.15) is 0 Å². The second kappa shape index (κ2) is 15.6. The van der Waals surface area contributed by atoms with Crippen molar-refractivity contribution in [3.63, 3.8) is 0 Å². The van der Waals surface area contributed by atoms with Gasteiger partial charge in [0.15, 0.2) is 0 Å². The summed E-state index contributed by atoms with van der Waals surface area (Å²) in [6, 6.07) is 13.7. The number of nitrogens with one attached hydrogen (secondary N) is 4. The first-order valence-corrected chi connectivity index (χ1v) is 13.6. The number of benzene rings is 2. The molecule has 4 amide bonds. The number of fused-ring (bicyclic) bond motifs is 2. The molecule has 224 valence electrons. The highest BCUT2D eigenvalue weighted by atomic mass is 16.5. The van der Waals surface area contributed by atoms with E-state index in [1.54, 1.807) is 24.3 Å². The maximum Gasteiger partial charge on any atom is 0.413 e. The fourth-order valence-corrected chi connectivity index (χ4v) is 3.82. The lowest BCUT2D eigenvalue weighted by Gasteiger charge is -2.09. The summed E-state index contributed by atoms with van der Waals surface area (Å²) in [6.45, 7) is 5.23. The molecule has 14 nitrogen and oxygen atoms in total. The molecular formula is C28H36N8O6. The first-order chi connectivity index (χ1) is 20.3. The number of rotatable bonds is 8. The number of amides is 4. The van der Waals surface area contributed by atoms with E-state index in [2.05, 4.69) is 40.7 Å². The van der Waals surface area contributed by atoms with Gasteiger partial charge in [-0.1, -0.05) is 51.0 Å². The average Bonchev–Trinajstić information content (AvgIpc) is 3.54. The van der Waals surface area contributed by atoms with Gasteiger partial charge in [0, 0.05) is 13.1 Å². The lowest BCUT2D eigenvalue weighted by molar-refractivity contribution is 0.185. The summed E-state index contributed by atoms with van der Waals surface area (Å²) in [5, 5.41) is 10.5. The lowest BCUT2D eigenvalue weighted by Crippen LogP contribution is -2.31. The Morgan fingerprint density at radius 3 is 1.40 bits per heavy atom. The van der Waals surface area contributed by atoms with Gasteiger partial charge in [0.2, 0.25) is 11.9 Å². The standard InChI is InChI=1S/2C14H18N4O3/c2*1-3-4-9-15-13(19)18-11-8-6-5-7-10(11)16-12(18)17-14(20)21-2/h2*5-8H,3-4,9H2,1-2H3,(H,15,19)(H,16,17,20). The molecule has 0 aliphatic heterocycles. The van der Waals surface area contributed by atoms with E-state index in [1.165, 1.54) is 23.4 Å². The van der Waals surface area contributed by atoms with Crippen molar-refractivity contribution in [1.82, 2.24) is 29.7 Å². The number of aromatic nitrogens is 4. The number of para-hydroxylation sites is 4. The SMILES string of the molecule is CCCCNC(=O)n1c(NC(=O)OC)nc2ccccc21.CCCCNC(=O)n1c(NC(=O)OC)nc2ccccc21. The van der Waals surface area contributed by atoms with E-state index in [9.17, 15) is 19.2 Å². The quantitative estimate of drug-likeness (QED) is 0.207. The Morgan fingerprint density at radius 2 is 1.05 bits per heavy atom. The van der Waals surface area contributed by atoms with Crippen molar-refractivity contribution < 1.29 is 28.7 Å². The Morgan fingerprint density at radius 1 is 0.667 bits per heavy atom. The van der Waals surface area contributed by atoms with Crippen LogP contribution in [-0.2, 0) is 9.47 Å². The molecule has 0 spiro atoms. The second-order valence-corrected chi connectivity index (χ2v) is 8.92. The number of carbonyl (C=O) groups is 4. The highest BCUT2D eigenvalue weighted by molar-refractivity contribution is 5.97. The monoisotopic (exact) mass is 580 g/mol. The Bertz CT molecular complexity index is 1420. The minimum Gasteiger partial charge on any atom is -0.453 e. The molecule has 0 saturated carbocycles. The van der Waals surface area contributed by atoms with Gasteiger partial charge in [-0.15, -0.1) is 0 Å². The molecule has 0 radical (unpaired) electrons. The van der Waals surface area contributed by atoms with Crippen molar-refractivity contribution >= 4 is 58.2 Å². The molecule has 0 atom stereocenters. The smallest absolute Gasteiger partial charge is 0.413 e. The zero-order chi connectivity index (χ0) is 30.5. The van der Waals surface area contributed by atoms with E-state index in [4.69, 9.17) is 0 Å². The summed E-state index contributed by atoms with van der Waals surface area (Å²) in [6.07, 6.45) is 2.40. The van der Waals surface area contributed by atoms with Crippen molar-refractivity contribution in [2.45, 2.75) is 39.5 Å². The van der Waals surface area contributed by atoms with Crippen molar-refractivity contribution in [2.24, 2.45) is 0 Å². The van der Waals surface area contributed by atoms with E-state index in [1.807, 2.05) is 38.1 Å². The Kier molecular flexibility index (Phi) is 11.7. The minimum atomic E-state index is -0.673. The third kappa shape index (κ3) is 7.96. The molecule has 14 heteroatoms. The molecule has 4 aromatic rings. The fourth-order valence-electron chi connectivity index (χ4n) is 3.82. The molecule has 2 aromatic carbocycles. The van der Waals surface area contributed by atoms with Crippen LogP contribution in [0.25, 0.3) is 22.1 Å². The molecule has 0 bridgehead atoms. The van der Waals surface area contributed by atoms with Crippen LogP contribution in [0.1, 0.15) is 39.5 Å². The van der Waals surface area contributed by atoms with Crippen molar-refractivity contribution in [3.05, 3.63) is 48.5 Å². The molecular weight excluding hydrogens is 544 g/mol. The molecule has 0 aliphatic carbocycles. The molecule has 4 N–H and O–H groups in total. The third-order valence-corrected chi connectivity index (χ3v) is 5.94. The number of unbranched alkanes of at least 4 members (excludes halogenated alkanes) is 2. The summed E-state index contributed by atoms with van der Waals surface area (Å²) in [7, 11) is 2.51.